The van der Waals surface area contributed by atoms with E-state index in [0.717, 1.165) is 0 Å². The molecule has 0 unspecified atom stereocenters. The number of carbonyl (C=O) groups is 1. The second kappa shape index (κ2) is 5.39. The van der Waals surface area contributed by atoms with E-state index in [0.29, 0.717) is 15.1 Å². The third kappa shape index (κ3) is 2.74. The van der Waals surface area contributed by atoms with Crippen LogP contribution in [0.1, 0.15) is 15.9 Å². The first-order chi connectivity index (χ1) is 8.49. The van der Waals surface area contributed by atoms with Crippen molar-refractivity contribution in [3.05, 3.63) is 67.9 Å². The minimum absolute atomic E-state index is 0.0643. The van der Waals surface area contributed by atoms with Gasteiger partial charge in [0.25, 0.3) is 0 Å². The average Bonchev–Trinajstić information content (AvgIpc) is 2.34. The molecular formula is C13H6BrCl2FO. The van der Waals surface area contributed by atoms with E-state index < -0.39 is 11.6 Å². The molecule has 2 aromatic carbocycles. The van der Waals surface area contributed by atoms with Crippen molar-refractivity contribution in [2.24, 2.45) is 0 Å². The zero-order valence-corrected chi connectivity index (χ0v) is 12.0. The van der Waals surface area contributed by atoms with Crippen LogP contribution in [0.5, 0.6) is 0 Å². The summed E-state index contributed by atoms with van der Waals surface area (Å²) < 4.78 is 14.1. The summed E-state index contributed by atoms with van der Waals surface area (Å²) in [5, 5.41) is 0.801. The predicted octanol–water partition coefficient (Wildman–Crippen LogP) is 5.13. The van der Waals surface area contributed by atoms with E-state index in [9.17, 15) is 9.18 Å². The van der Waals surface area contributed by atoms with E-state index in [1.807, 2.05) is 0 Å². The fraction of sp³-hybridized carbons (Fsp3) is 0. The highest BCUT2D eigenvalue weighted by molar-refractivity contribution is 9.10. The highest BCUT2D eigenvalue weighted by atomic mass is 79.9. The van der Waals surface area contributed by atoms with Crippen LogP contribution in [0.25, 0.3) is 0 Å². The van der Waals surface area contributed by atoms with Gasteiger partial charge in [-0.05, 0) is 52.3 Å². The zero-order chi connectivity index (χ0) is 13.3. The largest absolute Gasteiger partial charge is 0.288 e. The van der Waals surface area contributed by atoms with Crippen LogP contribution in [0, 0.1) is 5.82 Å². The van der Waals surface area contributed by atoms with Gasteiger partial charge in [-0.15, -0.1) is 0 Å². The molecule has 92 valence electrons. The fourth-order valence-electron chi connectivity index (χ4n) is 1.45. The topological polar surface area (TPSA) is 17.1 Å². The lowest BCUT2D eigenvalue weighted by Crippen LogP contribution is -2.04. The van der Waals surface area contributed by atoms with Gasteiger partial charge in [0.2, 0.25) is 0 Å². The third-order valence-electron chi connectivity index (χ3n) is 2.36. The van der Waals surface area contributed by atoms with Gasteiger partial charge in [0.05, 0.1) is 10.6 Å². The number of ketones is 1. The van der Waals surface area contributed by atoms with Gasteiger partial charge in [-0.25, -0.2) is 4.39 Å². The molecule has 0 radical (unpaired) electrons. The first-order valence-electron chi connectivity index (χ1n) is 4.94. The molecular weight excluding hydrogens is 342 g/mol. The number of hydrogen-bond donors (Lipinski definition) is 0. The molecule has 0 aromatic heterocycles. The summed E-state index contributed by atoms with van der Waals surface area (Å²) in [4.78, 5) is 12.1. The van der Waals surface area contributed by atoms with Crippen molar-refractivity contribution in [2.45, 2.75) is 0 Å². The minimum atomic E-state index is -0.619. The standard InChI is InChI=1S/C13H6BrCl2FO/c14-10-6-12(17)9(5-11(10)16)13(18)7-1-3-8(15)4-2-7/h1-6H. The van der Waals surface area contributed by atoms with Crippen molar-refractivity contribution < 1.29 is 9.18 Å². The van der Waals surface area contributed by atoms with E-state index in [1.165, 1.54) is 12.1 Å². The maximum absolute atomic E-state index is 13.7. The van der Waals surface area contributed by atoms with E-state index in [4.69, 9.17) is 23.2 Å². The Hall–Kier alpha value is -0.900. The molecule has 0 fully saturated rings. The van der Waals surface area contributed by atoms with E-state index in [1.54, 1.807) is 24.3 Å². The SMILES string of the molecule is O=C(c1ccc(Cl)cc1)c1cc(Cl)c(Br)cc1F. The maximum atomic E-state index is 13.7. The Morgan fingerprint density at radius 2 is 1.72 bits per heavy atom. The Kier molecular flexibility index (Phi) is 4.05. The van der Waals surface area contributed by atoms with Crippen LogP contribution in [0.3, 0.4) is 0 Å². The van der Waals surface area contributed by atoms with E-state index in [-0.39, 0.29) is 10.6 Å². The molecule has 0 bridgehead atoms. The fourth-order valence-corrected chi connectivity index (χ4v) is 2.06. The molecule has 0 N–H and O–H groups in total. The predicted molar refractivity (Wildman–Crippen MR) is 74.0 cm³/mol. The molecule has 0 aliphatic rings. The summed E-state index contributed by atoms with van der Waals surface area (Å²) in [5.74, 6) is -1.05. The van der Waals surface area contributed by atoms with Gasteiger partial charge in [-0.1, -0.05) is 23.2 Å². The Balaban J connectivity index is 2.46. The van der Waals surface area contributed by atoms with Crippen LogP contribution in [0.2, 0.25) is 10.0 Å². The molecule has 0 amide bonds. The van der Waals surface area contributed by atoms with Crippen molar-refractivity contribution in [3.8, 4) is 0 Å². The van der Waals surface area contributed by atoms with Gasteiger partial charge < -0.3 is 0 Å². The molecule has 0 heterocycles. The Morgan fingerprint density at radius 3 is 2.33 bits per heavy atom. The lowest BCUT2D eigenvalue weighted by Gasteiger charge is -2.05. The Morgan fingerprint density at radius 1 is 1.11 bits per heavy atom. The third-order valence-corrected chi connectivity index (χ3v) is 3.81. The lowest BCUT2D eigenvalue weighted by molar-refractivity contribution is 0.103. The van der Waals surface area contributed by atoms with Gasteiger partial charge in [0, 0.05) is 15.1 Å². The molecule has 0 aliphatic carbocycles. The minimum Gasteiger partial charge on any atom is -0.288 e. The summed E-state index contributed by atoms with van der Waals surface area (Å²) in [7, 11) is 0. The van der Waals surface area contributed by atoms with Crippen molar-refractivity contribution in [2.75, 3.05) is 0 Å². The quantitative estimate of drug-likeness (QED) is 0.544. The number of benzene rings is 2. The number of hydrogen-bond acceptors (Lipinski definition) is 1. The van der Waals surface area contributed by atoms with Gasteiger partial charge in [-0.3, -0.25) is 4.79 Å². The van der Waals surface area contributed by atoms with Crippen molar-refractivity contribution >= 4 is 44.9 Å². The summed E-state index contributed by atoms with van der Waals surface area (Å²) in [6, 6.07) is 8.71. The molecule has 1 nitrogen and oxygen atoms in total. The highest BCUT2D eigenvalue weighted by Crippen LogP contribution is 2.27. The van der Waals surface area contributed by atoms with Crippen LogP contribution in [0.4, 0.5) is 4.39 Å². The smallest absolute Gasteiger partial charge is 0.196 e. The molecule has 5 heteroatoms. The zero-order valence-electron chi connectivity index (χ0n) is 8.88. The average molecular weight is 348 g/mol. The van der Waals surface area contributed by atoms with Gasteiger partial charge in [0.1, 0.15) is 5.82 Å². The molecule has 0 atom stereocenters. The monoisotopic (exact) mass is 346 g/mol. The van der Waals surface area contributed by atoms with Crippen LogP contribution in [-0.4, -0.2) is 5.78 Å². The first kappa shape index (κ1) is 13.5. The van der Waals surface area contributed by atoms with Crippen molar-refractivity contribution in [3.63, 3.8) is 0 Å². The van der Waals surface area contributed by atoms with Crippen molar-refractivity contribution in [1.82, 2.24) is 0 Å². The lowest BCUT2D eigenvalue weighted by atomic mass is 10.0. The summed E-state index contributed by atoms with van der Waals surface area (Å²) in [6.07, 6.45) is 0. The number of carbonyl (C=O) groups excluding carboxylic acids is 1. The molecule has 18 heavy (non-hydrogen) atoms. The Labute approximate surface area is 122 Å². The normalized spacial score (nSPS) is 10.4. The van der Waals surface area contributed by atoms with E-state index in [2.05, 4.69) is 15.9 Å². The molecule has 0 spiro atoms. The van der Waals surface area contributed by atoms with E-state index >= 15 is 0 Å². The highest BCUT2D eigenvalue weighted by Gasteiger charge is 2.16. The molecule has 2 aromatic rings. The summed E-state index contributed by atoms with van der Waals surface area (Å²) >= 11 is 14.7. The number of rotatable bonds is 2. The van der Waals surface area contributed by atoms with Crippen LogP contribution >= 0.6 is 39.1 Å². The van der Waals surface area contributed by atoms with Crippen LogP contribution in [-0.2, 0) is 0 Å². The van der Waals surface area contributed by atoms with Crippen LogP contribution < -0.4 is 0 Å². The van der Waals surface area contributed by atoms with Gasteiger partial charge >= 0.3 is 0 Å². The first-order valence-corrected chi connectivity index (χ1v) is 6.49. The second-order valence-corrected chi connectivity index (χ2v) is 5.28. The maximum Gasteiger partial charge on any atom is 0.196 e. The van der Waals surface area contributed by atoms with Crippen LogP contribution in [0.15, 0.2) is 40.9 Å². The molecule has 0 saturated carbocycles. The van der Waals surface area contributed by atoms with Gasteiger partial charge in [-0.2, -0.15) is 0 Å². The molecule has 0 saturated heterocycles. The van der Waals surface area contributed by atoms with Crippen molar-refractivity contribution in [1.29, 1.82) is 0 Å². The second-order valence-electron chi connectivity index (χ2n) is 3.58. The molecule has 0 aliphatic heterocycles. The number of halogens is 4. The Bertz CT molecular complexity index is 611. The summed E-state index contributed by atoms with van der Waals surface area (Å²) in [6.45, 7) is 0. The van der Waals surface area contributed by atoms with Gasteiger partial charge in [0.15, 0.2) is 5.78 Å². The molecule has 2 rings (SSSR count). The summed E-state index contributed by atoms with van der Waals surface area (Å²) in [5.41, 5.74) is 0.294.